The minimum atomic E-state index is -1.92. The summed E-state index contributed by atoms with van der Waals surface area (Å²) in [6, 6.07) is 6.15. The second-order valence-corrected chi connectivity index (χ2v) is 13.0. The summed E-state index contributed by atoms with van der Waals surface area (Å²) < 4.78 is 6.02. The average Bonchev–Trinajstić information content (AvgIpc) is 2.75. The molecule has 1 aliphatic heterocycles. The van der Waals surface area contributed by atoms with Gasteiger partial charge >= 0.3 is 0 Å². The summed E-state index contributed by atoms with van der Waals surface area (Å²) in [5, 5.41) is 8.89. The number of nitrogens with one attached hydrogen (secondary N) is 1. The maximum absolute atomic E-state index is 6.41. The van der Waals surface area contributed by atoms with Gasteiger partial charge in [0, 0.05) is 16.1 Å². The fourth-order valence-electron chi connectivity index (χ4n) is 2.23. The molecule has 22 heavy (non-hydrogen) atoms. The molecule has 1 aromatic carbocycles. The van der Waals surface area contributed by atoms with Crippen molar-refractivity contribution in [1.29, 1.82) is 0 Å². The topological polar surface area (TPSA) is 33.6 Å². The quantitative estimate of drug-likeness (QED) is 0.597. The highest BCUT2D eigenvalue weighted by Crippen LogP contribution is 2.38. The van der Waals surface area contributed by atoms with Crippen molar-refractivity contribution >= 4 is 25.8 Å². The Labute approximate surface area is 140 Å². The van der Waals surface area contributed by atoms with Crippen LogP contribution >= 0.6 is 11.6 Å². The van der Waals surface area contributed by atoms with E-state index in [1.807, 2.05) is 12.1 Å². The molecule has 5 heteroatoms. The van der Waals surface area contributed by atoms with Gasteiger partial charge in [0.05, 0.1) is 6.04 Å². The Morgan fingerprint density at radius 3 is 2.45 bits per heavy atom. The predicted molar refractivity (Wildman–Crippen MR) is 97.0 cm³/mol. The van der Waals surface area contributed by atoms with Crippen LogP contribution in [0.15, 0.2) is 23.4 Å². The number of oxime groups is 1. The first-order chi connectivity index (χ1) is 10.0. The minimum absolute atomic E-state index is 0.129. The number of benzene rings is 1. The van der Waals surface area contributed by atoms with Crippen LogP contribution in [0.1, 0.15) is 51.8 Å². The second-order valence-electron chi connectivity index (χ2n) is 7.86. The van der Waals surface area contributed by atoms with Gasteiger partial charge in [0.2, 0.25) is 0 Å². The summed E-state index contributed by atoms with van der Waals surface area (Å²) in [6.45, 7) is 15.4. The van der Waals surface area contributed by atoms with Crippen LogP contribution in [0.2, 0.25) is 23.2 Å². The Morgan fingerprint density at radius 2 is 1.91 bits per heavy atom. The van der Waals surface area contributed by atoms with Gasteiger partial charge in [0.15, 0.2) is 5.84 Å². The molecule has 0 spiro atoms. The van der Waals surface area contributed by atoms with E-state index in [1.165, 1.54) is 0 Å². The molecule has 1 N–H and O–H groups in total. The van der Waals surface area contributed by atoms with Crippen molar-refractivity contribution in [1.82, 2.24) is 5.32 Å². The molecule has 0 saturated heterocycles. The summed E-state index contributed by atoms with van der Waals surface area (Å²) in [5.41, 5.74) is 2.20. The molecular formula is C17H27ClN2OSi. The van der Waals surface area contributed by atoms with E-state index < -0.39 is 8.32 Å². The van der Waals surface area contributed by atoms with Gasteiger partial charge in [-0.3, -0.25) is 0 Å². The first-order valence-electron chi connectivity index (χ1n) is 7.86. The highest BCUT2D eigenvalue weighted by Gasteiger charge is 2.40. The third kappa shape index (κ3) is 3.18. The fraction of sp³-hybridized carbons (Fsp3) is 0.588. The Balaban J connectivity index is 2.36. The maximum atomic E-state index is 6.41. The van der Waals surface area contributed by atoms with E-state index in [2.05, 4.69) is 64.3 Å². The molecule has 0 amide bonds. The van der Waals surface area contributed by atoms with Gasteiger partial charge in [-0.25, -0.2) is 0 Å². The van der Waals surface area contributed by atoms with Gasteiger partial charge in [-0.2, -0.15) is 0 Å². The monoisotopic (exact) mass is 338 g/mol. The SMILES string of the molecule is CC(C)C1NC(=NO[Si](C)(C)C(C)(C)C)c2cccc(Cl)c21. The normalized spacial score (nSPS) is 20.2. The number of rotatable bonds is 3. The molecule has 0 aromatic heterocycles. The summed E-state index contributed by atoms with van der Waals surface area (Å²) in [7, 11) is -1.92. The molecule has 0 fully saturated rings. The third-order valence-electron chi connectivity index (χ3n) is 4.75. The Morgan fingerprint density at radius 1 is 1.27 bits per heavy atom. The van der Waals surface area contributed by atoms with Crippen LogP contribution in [0.4, 0.5) is 0 Å². The van der Waals surface area contributed by atoms with Crippen molar-refractivity contribution < 1.29 is 4.53 Å². The van der Waals surface area contributed by atoms with E-state index in [4.69, 9.17) is 16.1 Å². The molecule has 122 valence electrons. The van der Waals surface area contributed by atoms with Crippen molar-refractivity contribution in [2.75, 3.05) is 0 Å². The van der Waals surface area contributed by atoms with Crippen molar-refractivity contribution in [3.8, 4) is 0 Å². The average molecular weight is 339 g/mol. The van der Waals surface area contributed by atoms with Crippen LogP contribution in [0, 0.1) is 5.92 Å². The smallest absolute Gasteiger partial charge is 0.286 e. The number of amidine groups is 1. The Kier molecular flexibility index (Phi) is 4.65. The number of halogens is 1. The zero-order chi connectivity index (χ0) is 16.7. The molecule has 1 atom stereocenters. The number of nitrogens with zero attached hydrogens (tertiary/aromatic N) is 1. The molecule has 0 radical (unpaired) electrons. The lowest BCUT2D eigenvalue weighted by Crippen LogP contribution is -2.40. The molecule has 1 unspecified atom stereocenters. The lowest BCUT2D eigenvalue weighted by atomic mass is 9.96. The van der Waals surface area contributed by atoms with Crippen molar-refractivity contribution in [2.24, 2.45) is 11.1 Å². The molecule has 1 heterocycles. The minimum Gasteiger partial charge on any atom is -0.453 e. The van der Waals surface area contributed by atoms with E-state index in [0.717, 1.165) is 22.0 Å². The van der Waals surface area contributed by atoms with Crippen LogP contribution in [0.25, 0.3) is 0 Å². The molecule has 0 aliphatic carbocycles. The first-order valence-corrected chi connectivity index (χ1v) is 11.1. The number of hydrogen-bond donors (Lipinski definition) is 1. The lowest BCUT2D eigenvalue weighted by Gasteiger charge is -2.33. The molecule has 0 saturated carbocycles. The fourth-order valence-corrected chi connectivity index (χ4v) is 3.11. The molecule has 0 bridgehead atoms. The molecule has 2 rings (SSSR count). The van der Waals surface area contributed by atoms with E-state index in [0.29, 0.717) is 5.92 Å². The lowest BCUT2D eigenvalue weighted by molar-refractivity contribution is 0.305. The molecule has 3 nitrogen and oxygen atoms in total. The summed E-state index contributed by atoms with van der Waals surface area (Å²) in [6.07, 6.45) is 0. The van der Waals surface area contributed by atoms with Gasteiger partial charge in [-0.1, -0.05) is 63.5 Å². The van der Waals surface area contributed by atoms with Gasteiger partial charge < -0.3 is 9.84 Å². The van der Waals surface area contributed by atoms with Crippen molar-refractivity contribution in [3.63, 3.8) is 0 Å². The zero-order valence-corrected chi connectivity index (χ0v) is 16.4. The number of fused-ring (bicyclic) bond motifs is 1. The van der Waals surface area contributed by atoms with Crippen molar-refractivity contribution in [2.45, 2.75) is 58.8 Å². The summed E-state index contributed by atoms with van der Waals surface area (Å²) in [5.74, 6) is 1.24. The maximum Gasteiger partial charge on any atom is 0.286 e. The third-order valence-corrected chi connectivity index (χ3v) is 9.24. The highest BCUT2D eigenvalue weighted by molar-refractivity contribution is 6.74. The Hall–Kier alpha value is -1.00. The van der Waals surface area contributed by atoms with E-state index in [1.54, 1.807) is 0 Å². The predicted octanol–water partition coefficient (Wildman–Crippen LogP) is 5.32. The van der Waals surface area contributed by atoms with Crippen LogP contribution in [0.5, 0.6) is 0 Å². The highest BCUT2D eigenvalue weighted by atomic mass is 35.5. The van der Waals surface area contributed by atoms with Crippen LogP contribution in [0.3, 0.4) is 0 Å². The van der Waals surface area contributed by atoms with Crippen LogP contribution in [-0.2, 0) is 4.53 Å². The Bertz CT molecular complexity index is 591. The second kappa shape index (κ2) is 5.89. The van der Waals surface area contributed by atoms with E-state index in [9.17, 15) is 0 Å². The van der Waals surface area contributed by atoms with Crippen molar-refractivity contribution in [3.05, 3.63) is 34.3 Å². The van der Waals surface area contributed by atoms with Gasteiger partial charge in [0.1, 0.15) is 0 Å². The van der Waals surface area contributed by atoms with E-state index in [-0.39, 0.29) is 11.1 Å². The van der Waals surface area contributed by atoms with E-state index >= 15 is 0 Å². The molecular weight excluding hydrogens is 312 g/mol. The molecule has 1 aliphatic rings. The van der Waals surface area contributed by atoms with Crippen LogP contribution in [-0.4, -0.2) is 14.2 Å². The zero-order valence-electron chi connectivity index (χ0n) is 14.6. The molecule has 1 aromatic rings. The first kappa shape index (κ1) is 17.4. The van der Waals surface area contributed by atoms with Gasteiger partial charge in [-0.15, -0.1) is 0 Å². The largest absolute Gasteiger partial charge is 0.453 e. The number of hydrogen-bond acceptors (Lipinski definition) is 2. The summed E-state index contributed by atoms with van der Waals surface area (Å²) >= 11 is 6.41. The standard InChI is InChI=1S/C17H27ClN2OSi/c1-11(2)15-14-12(9-8-10-13(14)18)16(19-15)20-21-22(6,7)17(3,4)5/h8-11,15H,1-7H3,(H,19,20). The van der Waals surface area contributed by atoms with Crippen LogP contribution < -0.4 is 5.32 Å². The summed E-state index contributed by atoms with van der Waals surface area (Å²) in [4.78, 5) is 0. The van der Waals surface area contributed by atoms with Gasteiger partial charge in [-0.05, 0) is 30.1 Å². The van der Waals surface area contributed by atoms with Gasteiger partial charge in [0.25, 0.3) is 8.32 Å².